The lowest BCUT2D eigenvalue weighted by molar-refractivity contribution is -0.137. The summed E-state index contributed by atoms with van der Waals surface area (Å²) < 4.78 is 38.9. The molecule has 7 nitrogen and oxygen atoms in total. The first-order valence-corrected chi connectivity index (χ1v) is 10.8. The molecular formula is C25H25F3N4O3. The Kier molecular flexibility index (Phi) is 8.43. The Balaban J connectivity index is 1.70. The van der Waals surface area contributed by atoms with E-state index in [9.17, 15) is 27.9 Å². The Bertz CT molecular complexity index is 1120. The first kappa shape index (κ1) is 25.7. The van der Waals surface area contributed by atoms with Crippen LogP contribution in [0.5, 0.6) is 0 Å². The molecule has 3 rings (SSSR count). The molecule has 0 fully saturated rings. The van der Waals surface area contributed by atoms with Gasteiger partial charge in [-0.1, -0.05) is 48.5 Å². The second-order valence-electron chi connectivity index (χ2n) is 7.93. The van der Waals surface area contributed by atoms with Gasteiger partial charge < -0.3 is 21.5 Å². The predicted molar refractivity (Wildman–Crippen MR) is 124 cm³/mol. The summed E-state index contributed by atoms with van der Waals surface area (Å²) in [5, 5.41) is 15.5. The molecule has 2 aromatic carbocycles. The fourth-order valence-electron chi connectivity index (χ4n) is 3.37. The number of pyridine rings is 1. The van der Waals surface area contributed by atoms with Crippen molar-refractivity contribution in [3.8, 4) is 0 Å². The number of carbonyl (C=O) groups excluding carboxylic acids is 2. The van der Waals surface area contributed by atoms with Crippen LogP contribution < -0.4 is 16.4 Å². The average Bonchev–Trinajstić information content (AvgIpc) is 2.84. The minimum Gasteiger partial charge on any atom is -0.384 e. The monoisotopic (exact) mass is 486 g/mol. The number of carbonyl (C=O) groups is 2. The van der Waals surface area contributed by atoms with Crippen LogP contribution in [-0.2, 0) is 28.7 Å². The largest absolute Gasteiger partial charge is 0.416 e. The van der Waals surface area contributed by atoms with Gasteiger partial charge in [0.05, 0.1) is 11.5 Å². The molecule has 0 radical (unpaired) electrons. The maximum absolute atomic E-state index is 13.0. The Morgan fingerprint density at radius 2 is 1.60 bits per heavy atom. The van der Waals surface area contributed by atoms with Gasteiger partial charge in [0.1, 0.15) is 11.9 Å². The molecular weight excluding hydrogens is 461 g/mol. The van der Waals surface area contributed by atoms with Crippen LogP contribution in [-0.4, -0.2) is 34.6 Å². The van der Waals surface area contributed by atoms with Gasteiger partial charge in [0.15, 0.2) is 0 Å². The van der Waals surface area contributed by atoms with Crippen molar-refractivity contribution in [3.63, 3.8) is 0 Å². The first-order valence-electron chi connectivity index (χ1n) is 10.8. The molecule has 0 unspecified atom stereocenters. The van der Waals surface area contributed by atoms with Crippen molar-refractivity contribution in [3.05, 3.63) is 95.2 Å². The zero-order valence-corrected chi connectivity index (χ0v) is 18.6. The van der Waals surface area contributed by atoms with E-state index in [1.54, 1.807) is 36.4 Å². The van der Waals surface area contributed by atoms with Crippen LogP contribution in [0.2, 0.25) is 0 Å². The van der Waals surface area contributed by atoms with E-state index in [4.69, 9.17) is 5.73 Å². The Morgan fingerprint density at radius 1 is 0.914 bits per heavy atom. The molecule has 0 saturated heterocycles. The molecule has 0 aliphatic rings. The Morgan fingerprint density at radius 3 is 2.20 bits per heavy atom. The second-order valence-corrected chi connectivity index (χ2v) is 7.93. The molecule has 5 N–H and O–H groups in total. The first-order chi connectivity index (χ1) is 16.6. The molecule has 1 aromatic heterocycles. The normalized spacial score (nSPS) is 13.0. The van der Waals surface area contributed by atoms with E-state index in [-0.39, 0.29) is 25.1 Å². The van der Waals surface area contributed by atoms with Gasteiger partial charge >= 0.3 is 6.18 Å². The summed E-state index contributed by atoms with van der Waals surface area (Å²) >= 11 is 0. The number of alkyl halides is 3. The molecule has 2 atom stereocenters. The number of anilines is 1. The summed E-state index contributed by atoms with van der Waals surface area (Å²) in [5.41, 5.74) is 6.40. The van der Waals surface area contributed by atoms with Crippen LogP contribution in [0.4, 0.5) is 19.0 Å². The third-order valence-corrected chi connectivity index (χ3v) is 5.33. The van der Waals surface area contributed by atoms with Gasteiger partial charge in [-0.05, 0) is 34.9 Å². The highest BCUT2D eigenvalue weighted by atomic mass is 19.4. The van der Waals surface area contributed by atoms with E-state index in [0.29, 0.717) is 11.4 Å². The van der Waals surface area contributed by atoms with Crippen molar-refractivity contribution >= 4 is 17.6 Å². The SMILES string of the molecule is Nc1ccc(CNC(=O)[C@@H](CNC(=O)[C@H](O)Cc2ccccc2)c2ccc(C(F)(F)F)cc2)cn1. The number of nitrogens with two attached hydrogens (primary N) is 1. The van der Waals surface area contributed by atoms with E-state index in [1.807, 2.05) is 6.07 Å². The van der Waals surface area contributed by atoms with Crippen LogP contribution in [0.1, 0.15) is 28.2 Å². The van der Waals surface area contributed by atoms with Gasteiger partial charge in [0.2, 0.25) is 11.8 Å². The van der Waals surface area contributed by atoms with Crippen molar-refractivity contribution in [2.24, 2.45) is 0 Å². The number of nitrogens with zero attached hydrogens (tertiary/aromatic N) is 1. The summed E-state index contributed by atoms with van der Waals surface area (Å²) in [7, 11) is 0. The highest BCUT2D eigenvalue weighted by Gasteiger charge is 2.31. The third kappa shape index (κ3) is 7.54. The van der Waals surface area contributed by atoms with Crippen molar-refractivity contribution < 1.29 is 27.9 Å². The van der Waals surface area contributed by atoms with Crippen molar-refractivity contribution in [1.29, 1.82) is 0 Å². The van der Waals surface area contributed by atoms with Gasteiger partial charge in [-0.15, -0.1) is 0 Å². The highest BCUT2D eigenvalue weighted by molar-refractivity contribution is 5.86. The molecule has 10 heteroatoms. The number of aliphatic hydroxyl groups is 1. The van der Waals surface area contributed by atoms with E-state index < -0.39 is 35.6 Å². The minimum absolute atomic E-state index is 0.0773. The third-order valence-electron chi connectivity index (χ3n) is 5.33. The van der Waals surface area contributed by atoms with Crippen LogP contribution in [0.3, 0.4) is 0 Å². The summed E-state index contributed by atoms with van der Waals surface area (Å²) in [6, 6.07) is 16.3. The molecule has 0 aliphatic carbocycles. The lowest BCUT2D eigenvalue weighted by Crippen LogP contribution is -2.41. The fraction of sp³-hybridized carbons (Fsp3) is 0.240. The Labute approximate surface area is 200 Å². The number of halogens is 3. The maximum Gasteiger partial charge on any atom is 0.416 e. The van der Waals surface area contributed by atoms with Gasteiger partial charge in [-0.3, -0.25) is 9.59 Å². The number of aromatic nitrogens is 1. The van der Waals surface area contributed by atoms with Crippen molar-refractivity contribution in [1.82, 2.24) is 15.6 Å². The van der Waals surface area contributed by atoms with Gasteiger partial charge in [0, 0.05) is 25.7 Å². The average molecular weight is 486 g/mol. The van der Waals surface area contributed by atoms with Gasteiger partial charge in [-0.2, -0.15) is 13.2 Å². The zero-order valence-electron chi connectivity index (χ0n) is 18.6. The molecule has 1 heterocycles. The smallest absolute Gasteiger partial charge is 0.384 e. The van der Waals surface area contributed by atoms with E-state index >= 15 is 0 Å². The maximum atomic E-state index is 13.0. The molecule has 35 heavy (non-hydrogen) atoms. The minimum atomic E-state index is -4.52. The number of nitrogen functional groups attached to an aromatic ring is 1. The zero-order chi connectivity index (χ0) is 25.4. The lowest BCUT2D eigenvalue weighted by atomic mass is 9.96. The quantitative estimate of drug-likeness (QED) is 0.371. The number of rotatable bonds is 9. The van der Waals surface area contributed by atoms with Crippen molar-refractivity contribution in [2.45, 2.75) is 31.2 Å². The predicted octanol–water partition coefficient (Wildman–Crippen LogP) is 2.80. The topological polar surface area (TPSA) is 117 Å². The van der Waals surface area contributed by atoms with Crippen molar-refractivity contribution in [2.75, 3.05) is 12.3 Å². The van der Waals surface area contributed by atoms with Crippen LogP contribution in [0.25, 0.3) is 0 Å². The number of amides is 2. The van der Waals surface area contributed by atoms with E-state index in [1.165, 1.54) is 18.3 Å². The summed E-state index contributed by atoms with van der Waals surface area (Å²) in [5.74, 6) is -1.88. The number of hydrogen-bond donors (Lipinski definition) is 4. The number of nitrogens with one attached hydrogen (secondary N) is 2. The lowest BCUT2D eigenvalue weighted by Gasteiger charge is -2.20. The standard InChI is InChI=1S/C25H25F3N4O3/c26-25(27,28)19-9-7-18(8-10-19)20(23(34)31-14-17-6-11-22(29)30-13-17)15-32-24(35)21(33)12-16-4-2-1-3-5-16/h1-11,13,20-21,33H,12,14-15H2,(H2,29,30)(H,31,34)(H,32,35)/t20-,21+/m0/s1. The highest BCUT2D eigenvalue weighted by Crippen LogP contribution is 2.30. The summed E-state index contributed by atoms with van der Waals surface area (Å²) in [6.45, 7) is -0.115. The van der Waals surface area contributed by atoms with Gasteiger partial charge in [-0.25, -0.2) is 4.98 Å². The second kappa shape index (κ2) is 11.5. The molecule has 0 aliphatic heterocycles. The molecule has 2 amide bonds. The summed E-state index contributed by atoms with van der Waals surface area (Å²) in [6.07, 6.45) is -4.30. The van der Waals surface area contributed by atoms with Gasteiger partial charge in [0.25, 0.3) is 0 Å². The molecule has 184 valence electrons. The molecule has 3 aromatic rings. The molecule has 0 spiro atoms. The number of aliphatic hydroxyl groups excluding tert-OH is 1. The summed E-state index contributed by atoms with van der Waals surface area (Å²) in [4.78, 5) is 29.3. The fourth-order valence-corrected chi connectivity index (χ4v) is 3.37. The van der Waals surface area contributed by atoms with E-state index in [2.05, 4.69) is 15.6 Å². The molecule has 0 bridgehead atoms. The van der Waals surface area contributed by atoms with Crippen LogP contribution in [0.15, 0.2) is 72.9 Å². The van der Waals surface area contributed by atoms with Crippen LogP contribution in [0, 0.1) is 0 Å². The molecule has 0 saturated carbocycles. The number of benzene rings is 2. The number of hydrogen-bond acceptors (Lipinski definition) is 5. The Hall–Kier alpha value is -3.92. The van der Waals surface area contributed by atoms with E-state index in [0.717, 1.165) is 17.7 Å². The van der Waals surface area contributed by atoms with Crippen LogP contribution >= 0.6 is 0 Å².